The van der Waals surface area contributed by atoms with Crippen molar-refractivity contribution in [2.45, 2.75) is 36.9 Å². The number of aromatic nitrogens is 2. The summed E-state index contributed by atoms with van der Waals surface area (Å²) in [6.07, 6.45) is -2.88. The number of thioether (sulfide) groups is 1. The molecule has 3 aromatic rings. The minimum Gasteiger partial charge on any atom is -0.352 e. The predicted octanol–water partition coefficient (Wildman–Crippen LogP) is 5.43. The molecule has 0 N–H and O–H groups in total. The number of carbonyl (C=O) groups excluding carboxylic acids is 1. The molecule has 14 heteroatoms. The van der Waals surface area contributed by atoms with E-state index in [4.69, 9.17) is 11.6 Å². The Morgan fingerprint density at radius 2 is 1.74 bits per heavy atom. The van der Waals surface area contributed by atoms with Crippen LogP contribution in [-0.2, 0) is 11.0 Å². The van der Waals surface area contributed by atoms with E-state index >= 15 is 4.39 Å². The molecule has 3 aliphatic rings. The minimum atomic E-state index is -4.92. The number of likely N-dealkylation sites (tertiary alicyclic amines) is 1. The largest absolute Gasteiger partial charge is 0.417 e. The molecule has 1 atom stereocenters. The van der Waals surface area contributed by atoms with Crippen LogP contribution in [0.15, 0.2) is 27.9 Å². The molecule has 3 aliphatic heterocycles. The third-order valence-electron chi connectivity index (χ3n) is 8.21. The van der Waals surface area contributed by atoms with Crippen LogP contribution in [0.3, 0.4) is 0 Å². The van der Waals surface area contributed by atoms with E-state index in [1.807, 2.05) is 0 Å². The highest BCUT2D eigenvalue weighted by atomic mass is 35.5. The summed E-state index contributed by atoms with van der Waals surface area (Å²) in [5, 5.41) is -0.403. The topological polar surface area (TPSA) is 61.7 Å². The van der Waals surface area contributed by atoms with E-state index in [1.165, 1.54) is 11.5 Å². The summed E-state index contributed by atoms with van der Waals surface area (Å²) in [5.41, 5.74) is -2.48. The Balaban J connectivity index is 1.63. The number of hydrogen-bond acceptors (Lipinski definition) is 6. The van der Waals surface area contributed by atoms with Crippen molar-refractivity contribution >= 4 is 46.0 Å². The summed E-state index contributed by atoms with van der Waals surface area (Å²) in [7, 11) is 0. The van der Waals surface area contributed by atoms with Gasteiger partial charge in [0.1, 0.15) is 17.5 Å². The zero-order chi connectivity index (χ0) is 29.9. The monoisotopic (exact) mass is 627 g/mol. The Morgan fingerprint density at radius 1 is 1.05 bits per heavy atom. The average Bonchev–Trinajstić information content (AvgIpc) is 3.45. The molecule has 7 nitrogen and oxygen atoms in total. The Hall–Kier alpha value is -2.90. The van der Waals surface area contributed by atoms with Gasteiger partial charge in [-0.2, -0.15) is 18.2 Å². The van der Waals surface area contributed by atoms with Gasteiger partial charge < -0.3 is 14.7 Å². The first-order chi connectivity index (χ1) is 19.9. The van der Waals surface area contributed by atoms with Crippen molar-refractivity contribution < 1.29 is 26.7 Å². The first-order valence-corrected chi connectivity index (χ1v) is 15.0. The Morgan fingerprint density at radius 3 is 2.38 bits per heavy atom. The van der Waals surface area contributed by atoms with Gasteiger partial charge >= 0.3 is 11.9 Å². The van der Waals surface area contributed by atoms with E-state index in [-0.39, 0.29) is 52.4 Å². The molecule has 6 rings (SSSR count). The van der Waals surface area contributed by atoms with Crippen LogP contribution in [-0.4, -0.2) is 76.8 Å². The molecule has 224 valence electrons. The van der Waals surface area contributed by atoms with E-state index in [1.54, 1.807) is 9.80 Å². The van der Waals surface area contributed by atoms with Gasteiger partial charge in [0.15, 0.2) is 0 Å². The van der Waals surface area contributed by atoms with Gasteiger partial charge in [0, 0.05) is 72.9 Å². The van der Waals surface area contributed by atoms with Gasteiger partial charge in [0.05, 0.1) is 22.1 Å². The van der Waals surface area contributed by atoms with Crippen LogP contribution in [0.5, 0.6) is 0 Å². The lowest BCUT2D eigenvalue weighted by Crippen LogP contribution is -2.49. The van der Waals surface area contributed by atoms with Crippen molar-refractivity contribution in [1.29, 1.82) is 0 Å². The molecule has 42 heavy (non-hydrogen) atoms. The van der Waals surface area contributed by atoms with E-state index in [2.05, 4.69) is 9.88 Å². The maximum Gasteiger partial charge on any atom is 0.417 e. The molecule has 2 aromatic carbocycles. The smallest absolute Gasteiger partial charge is 0.352 e. The lowest BCUT2D eigenvalue weighted by molar-refractivity contribution is -0.137. The van der Waals surface area contributed by atoms with Crippen LogP contribution in [0, 0.1) is 11.6 Å². The predicted molar refractivity (Wildman–Crippen MR) is 151 cm³/mol. The molecule has 1 amide bonds. The van der Waals surface area contributed by atoms with Crippen LogP contribution >= 0.6 is 23.4 Å². The zero-order valence-electron chi connectivity index (χ0n) is 22.6. The minimum absolute atomic E-state index is 0.0715. The van der Waals surface area contributed by atoms with Gasteiger partial charge in [-0.1, -0.05) is 11.6 Å². The van der Waals surface area contributed by atoms with Crippen molar-refractivity contribution in [3.8, 4) is 11.1 Å². The molecule has 0 spiro atoms. The van der Waals surface area contributed by atoms with Crippen molar-refractivity contribution in [2.75, 3.05) is 56.5 Å². The Bertz CT molecular complexity index is 1630. The van der Waals surface area contributed by atoms with Crippen molar-refractivity contribution in [1.82, 2.24) is 19.4 Å². The van der Waals surface area contributed by atoms with Crippen LogP contribution in [0.4, 0.5) is 27.8 Å². The SMILES string of the molecule is CC(=O)N1CCN(c2nc(=O)n3c4c(c(-c5cc(Cl)c(F)cc5F)c(C(F)(F)F)cc24)SCC3CN2CCCC2)CC1. The van der Waals surface area contributed by atoms with E-state index < -0.39 is 45.2 Å². The first kappa shape index (κ1) is 29.2. The van der Waals surface area contributed by atoms with Gasteiger partial charge in [0.2, 0.25) is 5.91 Å². The highest BCUT2D eigenvalue weighted by molar-refractivity contribution is 7.99. The molecule has 0 aliphatic carbocycles. The molecular formula is C28H27ClF5N5O2S. The second kappa shape index (κ2) is 11.0. The molecule has 2 fully saturated rings. The second-order valence-electron chi connectivity index (χ2n) is 10.8. The fourth-order valence-electron chi connectivity index (χ4n) is 6.17. The van der Waals surface area contributed by atoms with Crippen molar-refractivity contribution in [3.05, 3.63) is 50.9 Å². The quantitative estimate of drug-likeness (QED) is 0.284. The zero-order valence-corrected chi connectivity index (χ0v) is 24.2. The van der Waals surface area contributed by atoms with E-state index in [0.29, 0.717) is 25.7 Å². The molecule has 1 unspecified atom stereocenters. The van der Waals surface area contributed by atoms with Gasteiger partial charge in [-0.05, 0) is 38.1 Å². The number of piperazine rings is 1. The number of halogens is 6. The summed E-state index contributed by atoms with van der Waals surface area (Å²) in [6.45, 7) is 4.87. The maximum atomic E-state index is 15.2. The van der Waals surface area contributed by atoms with E-state index in [0.717, 1.165) is 49.8 Å². The maximum absolute atomic E-state index is 15.2. The number of amides is 1. The van der Waals surface area contributed by atoms with Gasteiger partial charge in [0.25, 0.3) is 0 Å². The number of anilines is 1. The van der Waals surface area contributed by atoms with Crippen molar-refractivity contribution in [2.24, 2.45) is 0 Å². The first-order valence-electron chi connectivity index (χ1n) is 13.6. The van der Waals surface area contributed by atoms with Gasteiger partial charge in [-0.25, -0.2) is 13.6 Å². The van der Waals surface area contributed by atoms with E-state index in [9.17, 15) is 27.2 Å². The van der Waals surface area contributed by atoms with Gasteiger partial charge in [-0.3, -0.25) is 9.36 Å². The summed E-state index contributed by atoms with van der Waals surface area (Å²) >= 11 is 7.05. The lowest BCUT2D eigenvalue weighted by Gasteiger charge is -2.37. The Kier molecular flexibility index (Phi) is 7.63. The molecular weight excluding hydrogens is 601 g/mol. The number of nitrogens with zero attached hydrogens (tertiary/aromatic N) is 5. The molecule has 0 bridgehead atoms. The third-order valence-corrected chi connectivity index (χ3v) is 9.73. The highest BCUT2D eigenvalue weighted by Crippen LogP contribution is 2.50. The third kappa shape index (κ3) is 5.13. The number of hydrogen-bond donors (Lipinski definition) is 0. The molecule has 0 saturated carbocycles. The summed E-state index contributed by atoms with van der Waals surface area (Å²) < 4.78 is 75.0. The second-order valence-corrected chi connectivity index (χ2v) is 12.3. The normalized spacial score (nSPS) is 19.6. The fraction of sp³-hybridized carbons (Fsp3) is 0.464. The number of benzene rings is 2. The molecule has 4 heterocycles. The van der Waals surface area contributed by atoms with Crippen molar-refractivity contribution in [3.63, 3.8) is 0 Å². The standard InChI is InChI=1S/C28H27ClF5N5O2S/c1-15(40)37-6-8-38(9-7-37)26-18-10-19(28(32,33)34)23(17-11-20(29)22(31)12-21(17)30)25-24(18)39(27(41)35-26)16(14-42-25)13-36-4-2-3-5-36/h10-12,16H,2-9,13-14H2,1H3. The number of rotatable bonds is 4. The summed E-state index contributed by atoms with van der Waals surface area (Å²) in [4.78, 5) is 35.5. The van der Waals surface area contributed by atoms with Crippen LogP contribution in [0.2, 0.25) is 5.02 Å². The average molecular weight is 628 g/mol. The van der Waals surface area contributed by atoms with Crippen LogP contribution in [0.1, 0.15) is 31.4 Å². The van der Waals surface area contributed by atoms with Crippen LogP contribution < -0.4 is 10.6 Å². The number of carbonyl (C=O) groups is 1. The number of alkyl halides is 3. The fourth-order valence-corrected chi connectivity index (χ4v) is 7.65. The highest BCUT2D eigenvalue weighted by Gasteiger charge is 2.40. The van der Waals surface area contributed by atoms with Crippen LogP contribution in [0.25, 0.3) is 22.0 Å². The summed E-state index contributed by atoms with van der Waals surface area (Å²) in [6, 6.07) is 1.87. The lowest BCUT2D eigenvalue weighted by atomic mass is 9.95. The van der Waals surface area contributed by atoms with Gasteiger partial charge in [-0.15, -0.1) is 11.8 Å². The molecule has 1 aromatic heterocycles. The molecule has 2 saturated heterocycles. The molecule has 0 radical (unpaired) electrons. The summed E-state index contributed by atoms with van der Waals surface area (Å²) in [5.74, 6) is -2.05. The Labute approximate surface area is 247 Å².